The normalized spacial score (nSPS) is 10.7. The third kappa shape index (κ3) is 4.53. The number of nitrogens with zero attached hydrogens (tertiary/aromatic N) is 1. The Labute approximate surface area is 138 Å². The zero-order valence-corrected chi connectivity index (χ0v) is 13.3. The molecule has 6 nitrogen and oxygen atoms in total. The lowest BCUT2D eigenvalue weighted by atomic mass is 10.2. The summed E-state index contributed by atoms with van der Waals surface area (Å²) < 4.78 is 26.5. The SMILES string of the molecule is O=[N+]([O-])c1ccccc1S(=O)(=O)NCC#Cc1cccc(Cl)c1. The molecule has 0 amide bonds. The van der Waals surface area contributed by atoms with Crippen LogP contribution < -0.4 is 4.72 Å². The number of hydrogen-bond donors (Lipinski definition) is 1. The van der Waals surface area contributed by atoms with Gasteiger partial charge in [0.2, 0.25) is 10.0 Å². The second kappa shape index (κ2) is 7.24. The summed E-state index contributed by atoms with van der Waals surface area (Å²) in [6.45, 7) is -0.180. The Bertz CT molecular complexity index is 901. The minimum atomic E-state index is -4.02. The smallest absolute Gasteiger partial charge is 0.258 e. The van der Waals surface area contributed by atoms with Gasteiger partial charge >= 0.3 is 0 Å². The van der Waals surface area contributed by atoms with Crippen molar-refractivity contribution in [1.82, 2.24) is 4.72 Å². The fourth-order valence-electron chi connectivity index (χ4n) is 1.76. The number of benzene rings is 2. The second-order valence-corrected chi connectivity index (χ2v) is 6.53. The van der Waals surface area contributed by atoms with E-state index in [0.717, 1.165) is 6.07 Å². The minimum Gasteiger partial charge on any atom is -0.258 e. The molecule has 0 radical (unpaired) electrons. The first-order valence-electron chi connectivity index (χ1n) is 6.38. The van der Waals surface area contributed by atoms with Crippen molar-refractivity contribution in [1.29, 1.82) is 0 Å². The molecule has 2 rings (SSSR count). The average molecular weight is 351 g/mol. The van der Waals surface area contributed by atoms with Gasteiger partial charge in [-0.15, -0.1) is 0 Å². The van der Waals surface area contributed by atoms with Gasteiger partial charge < -0.3 is 0 Å². The zero-order chi connectivity index (χ0) is 16.9. The molecule has 0 unspecified atom stereocenters. The molecule has 0 aliphatic heterocycles. The van der Waals surface area contributed by atoms with Crippen molar-refractivity contribution in [3.05, 3.63) is 69.2 Å². The van der Waals surface area contributed by atoms with Crippen LogP contribution in [-0.2, 0) is 10.0 Å². The van der Waals surface area contributed by atoms with Crippen LogP contribution >= 0.6 is 11.6 Å². The molecule has 0 saturated heterocycles. The van der Waals surface area contributed by atoms with E-state index >= 15 is 0 Å². The summed E-state index contributed by atoms with van der Waals surface area (Å²) in [6, 6.07) is 11.9. The van der Waals surface area contributed by atoms with Crippen LogP contribution in [0.5, 0.6) is 0 Å². The minimum absolute atomic E-state index is 0.180. The standard InChI is InChI=1S/C15H11ClN2O4S/c16-13-7-3-5-12(11-13)6-4-10-17-23(21,22)15-9-2-1-8-14(15)18(19)20/h1-3,5,7-9,11,17H,10H2. The predicted molar refractivity (Wildman–Crippen MR) is 86.6 cm³/mol. The molecule has 118 valence electrons. The van der Waals surface area contributed by atoms with Gasteiger partial charge in [-0.1, -0.05) is 41.6 Å². The van der Waals surface area contributed by atoms with Crippen LogP contribution in [0.3, 0.4) is 0 Å². The highest BCUT2D eigenvalue weighted by Gasteiger charge is 2.24. The van der Waals surface area contributed by atoms with Gasteiger partial charge in [0.15, 0.2) is 4.90 Å². The van der Waals surface area contributed by atoms with Gasteiger partial charge in [-0.3, -0.25) is 10.1 Å². The maximum atomic E-state index is 12.1. The highest BCUT2D eigenvalue weighted by molar-refractivity contribution is 7.89. The number of nitrogens with one attached hydrogen (secondary N) is 1. The lowest BCUT2D eigenvalue weighted by Crippen LogP contribution is -2.24. The predicted octanol–water partition coefficient (Wildman–Crippen LogP) is 2.58. The Morgan fingerprint density at radius 3 is 2.61 bits per heavy atom. The fourth-order valence-corrected chi connectivity index (χ4v) is 3.04. The van der Waals surface area contributed by atoms with E-state index in [9.17, 15) is 18.5 Å². The molecule has 0 bridgehead atoms. The van der Waals surface area contributed by atoms with Crippen LogP contribution in [-0.4, -0.2) is 19.9 Å². The van der Waals surface area contributed by atoms with Gasteiger partial charge in [-0.2, -0.15) is 4.72 Å². The van der Waals surface area contributed by atoms with E-state index < -0.39 is 25.5 Å². The molecule has 0 fully saturated rings. The molecule has 0 aliphatic carbocycles. The molecule has 2 aromatic rings. The van der Waals surface area contributed by atoms with Crippen LogP contribution in [0.1, 0.15) is 5.56 Å². The van der Waals surface area contributed by atoms with Crippen molar-refractivity contribution >= 4 is 27.3 Å². The van der Waals surface area contributed by atoms with Gasteiger partial charge in [0.1, 0.15) is 0 Å². The Morgan fingerprint density at radius 1 is 1.17 bits per heavy atom. The van der Waals surface area contributed by atoms with Crippen molar-refractivity contribution in [3.63, 3.8) is 0 Å². The second-order valence-electron chi connectivity index (χ2n) is 4.36. The Balaban J connectivity index is 2.13. The third-order valence-corrected chi connectivity index (χ3v) is 4.44. The number of hydrogen-bond acceptors (Lipinski definition) is 4. The monoisotopic (exact) mass is 350 g/mol. The molecule has 1 N–H and O–H groups in total. The quantitative estimate of drug-likeness (QED) is 0.521. The zero-order valence-electron chi connectivity index (χ0n) is 11.7. The van der Waals surface area contributed by atoms with Crippen molar-refractivity contribution in [2.75, 3.05) is 6.54 Å². The van der Waals surface area contributed by atoms with E-state index in [-0.39, 0.29) is 6.54 Å². The highest BCUT2D eigenvalue weighted by atomic mass is 35.5. The van der Waals surface area contributed by atoms with Crippen LogP contribution in [0.15, 0.2) is 53.4 Å². The molecule has 0 aliphatic rings. The number of rotatable bonds is 4. The van der Waals surface area contributed by atoms with Crippen LogP contribution in [0.25, 0.3) is 0 Å². The highest BCUT2D eigenvalue weighted by Crippen LogP contribution is 2.22. The Morgan fingerprint density at radius 2 is 1.91 bits per heavy atom. The van der Waals surface area contributed by atoms with Crippen molar-refractivity contribution < 1.29 is 13.3 Å². The molecule has 0 aromatic heterocycles. The van der Waals surface area contributed by atoms with Crippen LogP contribution in [0.4, 0.5) is 5.69 Å². The van der Waals surface area contributed by atoms with E-state index in [2.05, 4.69) is 16.6 Å². The van der Waals surface area contributed by atoms with Crippen molar-refractivity contribution in [2.24, 2.45) is 0 Å². The van der Waals surface area contributed by atoms with E-state index in [0.29, 0.717) is 10.6 Å². The molecule has 0 spiro atoms. The lowest BCUT2D eigenvalue weighted by molar-refractivity contribution is -0.387. The Hall–Kier alpha value is -2.40. The summed E-state index contributed by atoms with van der Waals surface area (Å²) in [5.41, 5.74) is 0.158. The van der Waals surface area contributed by atoms with Gasteiger partial charge in [-0.25, -0.2) is 8.42 Å². The van der Waals surface area contributed by atoms with Crippen LogP contribution in [0.2, 0.25) is 5.02 Å². The largest absolute Gasteiger partial charge is 0.289 e. The summed E-state index contributed by atoms with van der Waals surface area (Å²) >= 11 is 5.81. The number of nitro benzene ring substituents is 1. The summed E-state index contributed by atoms with van der Waals surface area (Å²) in [5, 5.41) is 11.4. The van der Waals surface area contributed by atoms with Crippen molar-refractivity contribution in [2.45, 2.75) is 4.90 Å². The first kappa shape index (κ1) is 17.0. The summed E-state index contributed by atoms with van der Waals surface area (Å²) in [5.74, 6) is 5.39. The fraction of sp³-hybridized carbons (Fsp3) is 0.0667. The van der Waals surface area contributed by atoms with E-state index in [1.807, 2.05) is 0 Å². The molecule has 0 heterocycles. The molecule has 0 saturated carbocycles. The van der Waals surface area contributed by atoms with Crippen molar-refractivity contribution in [3.8, 4) is 11.8 Å². The van der Waals surface area contributed by atoms with E-state index in [1.165, 1.54) is 18.2 Å². The molecule has 23 heavy (non-hydrogen) atoms. The molecule has 0 atom stereocenters. The maximum absolute atomic E-state index is 12.1. The van der Waals surface area contributed by atoms with Gasteiger partial charge in [0.25, 0.3) is 5.69 Å². The third-order valence-electron chi connectivity index (χ3n) is 2.76. The number of para-hydroxylation sites is 1. The number of halogens is 1. The molecular formula is C15H11ClN2O4S. The van der Waals surface area contributed by atoms with E-state index in [1.54, 1.807) is 24.3 Å². The Kier molecular flexibility index (Phi) is 5.34. The average Bonchev–Trinajstić information content (AvgIpc) is 2.52. The topological polar surface area (TPSA) is 89.3 Å². The van der Waals surface area contributed by atoms with Gasteiger partial charge in [-0.05, 0) is 24.3 Å². The van der Waals surface area contributed by atoms with Crippen LogP contribution in [0, 0.1) is 22.0 Å². The molecule has 2 aromatic carbocycles. The number of nitro groups is 1. The lowest BCUT2D eigenvalue weighted by Gasteiger charge is -2.04. The first-order valence-corrected chi connectivity index (χ1v) is 8.24. The van der Waals surface area contributed by atoms with E-state index in [4.69, 9.17) is 11.6 Å². The molecular weight excluding hydrogens is 340 g/mol. The summed E-state index contributed by atoms with van der Waals surface area (Å²) in [7, 11) is -4.02. The first-order chi connectivity index (χ1) is 10.9. The molecule has 8 heteroatoms. The maximum Gasteiger partial charge on any atom is 0.289 e. The van der Waals surface area contributed by atoms with Gasteiger partial charge in [0.05, 0.1) is 11.5 Å². The summed E-state index contributed by atoms with van der Waals surface area (Å²) in [6.07, 6.45) is 0. The van der Waals surface area contributed by atoms with Gasteiger partial charge in [0, 0.05) is 16.7 Å². The number of sulfonamides is 1. The summed E-state index contributed by atoms with van der Waals surface area (Å²) in [4.78, 5) is 9.75.